The van der Waals surface area contributed by atoms with Crippen LogP contribution in [-0.4, -0.2) is 29.7 Å². The Kier molecular flexibility index (Phi) is 4.94. The average Bonchev–Trinajstić information content (AvgIpc) is 2.75. The van der Waals surface area contributed by atoms with E-state index >= 15 is 0 Å². The van der Waals surface area contributed by atoms with Crippen molar-refractivity contribution in [3.05, 3.63) is 33.4 Å². The molecule has 1 heterocycles. The maximum Gasteiger partial charge on any atom is 0.410 e. The molecule has 0 radical (unpaired) electrons. The molecule has 1 saturated heterocycles. The average molecular weight is 387 g/mol. The van der Waals surface area contributed by atoms with Crippen LogP contribution in [0.25, 0.3) is 0 Å². The minimum Gasteiger partial charge on any atom is -0.444 e. The molecule has 1 fully saturated rings. The van der Waals surface area contributed by atoms with Crippen molar-refractivity contribution in [1.29, 1.82) is 0 Å². The molecule has 1 aliphatic rings. The highest BCUT2D eigenvalue weighted by atomic mass is 127. The number of rotatable bonds is 2. The van der Waals surface area contributed by atoms with Crippen LogP contribution in [-0.2, 0) is 11.2 Å². The number of hydrogen-bond donors (Lipinski definition) is 0. The lowest BCUT2D eigenvalue weighted by Gasteiger charge is -2.24. The Labute approximate surface area is 134 Å². The molecule has 0 aromatic heterocycles. The van der Waals surface area contributed by atoms with Crippen LogP contribution in [0.5, 0.6) is 0 Å². The van der Waals surface area contributed by atoms with Gasteiger partial charge in [0.2, 0.25) is 0 Å². The third-order valence-electron chi connectivity index (χ3n) is 3.35. The molecule has 4 heteroatoms. The summed E-state index contributed by atoms with van der Waals surface area (Å²) in [6.07, 6.45) is 1.92. The summed E-state index contributed by atoms with van der Waals surface area (Å²) in [6, 6.07) is 8.58. The largest absolute Gasteiger partial charge is 0.444 e. The van der Waals surface area contributed by atoms with Gasteiger partial charge in [-0.2, -0.15) is 0 Å². The molecule has 0 bridgehead atoms. The van der Waals surface area contributed by atoms with Crippen molar-refractivity contribution < 1.29 is 9.53 Å². The third kappa shape index (κ3) is 4.65. The Balaban J connectivity index is 1.88. The zero-order chi connectivity index (χ0) is 14.8. The summed E-state index contributed by atoms with van der Waals surface area (Å²) in [6.45, 7) is 7.34. The van der Waals surface area contributed by atoms with Crippen LogP contribution in [0.4, 0.5) is 4.79 Å². The van der Waals surface area contributed by atoms with E-state index in [1.165, 1.54) is 9.13 Å². The van der Waals surface area contributed by atoms with Crippen molar-refractivity contribution in [2.24, 2.45) is 5.92 Å². The summed E-state index contributed by atoms with van der Waals surface area (Å²) in [5.74, 6) is 0.542. The fourth-order valence-corrected chi connectivity index (χ4v) is 3.10. The number of carbonyl (C=O) groups is 1. The molecule has 0 saturated carbocycles. The van der Waals surface area contributed by atoms with Crippen LogP contribution in [0, 0.1) is 9.49 Å². The van der Waals surface area contributed by atoms with Crippen molar-refractivity contribution in [3.63, 3.8) is 0 Å². The topological polar surface area (TPSA) is 29.5 Å². The van der Waals surface area contributed by atoms with Crippen LogP contribution in [0.2, 0.25) is 0 Å². The van der Waals surface area contributed by atoms with Crippen molar-refractivity contribution in [3.8, 4) is 0 Å². The Hall–Kier alpha value is -0.780. The van der Waals surface area contributed by atoms with Crippen molar-refractivity contribution in [2.75, 3.05) is 13.1 Å². The number of carbonyl (C=O) groups excluding carboxylic acids is 1. The number of amides is 1. The molecule has 1 aromatic rings. The van der Waals surface area contributed by atoms with Gasteiger partial charge in [0.1, 0.15) is 5.60 Å². The first-order valence-corrected chi connectivity index (χ1v) is 8.14. The van der Waals surface area contributed by atoms with Gasteiger partial charge in [-0.15, -0.1) is 0 Å². The van der Waals surface area contributed by atoms with Gasteiger partial charge in [0.15, 0.2) is 0 Å². The minimum atomic E-state index is -0.412. The summed E-state index contributed by atoms with van der Waals surface area (Å²) in [7, 11) is 0. The standard InChI is InChI=1S/C16H22INO2/c1-16(2,3)20-15(19)18-8-7-13(11-18)9-12-5-4-6-14(17)10-12/h4-6,10,13H,7-9,11H2,1-3H3. The zero-order valence-corrected chi connectivity index (χ0v) is 14.5. The molecule has 0 spiro atoms. The quantitative estimate of drug-likeness (QED) is 0.716. The first-order valence-electron chi connectivity index (χ1n) is 7.06. The maximum atomic E-state index is 12.0. The molecule has 1 unspecified atom stereocenters. The van der Waals surface area contributed by atoms with Gasteiger partial charge in [0.05, 0.1) is 0 Å². The van der Waals surface area contributed by atoms with Crippen LogP contribution >= 0.6 is 22.6 Å². The number of halogens is 1. The van der Waals surface area contributed by atoms with Crippen LogP contribution in [0.15, 0.2) is 24.3 Å². The van der Waals surface area contributed by atoms with E-state index in [1.54, 1.807) is 0 Å². The van der Waals surface area contributed by atoms with Crippen LogP contribution < -0.4 is 0 Å². The number of hydrogen-bond acceptors (Lipinski definition) is 2. The van der Waals surface area contributed by atoms with Gasteiger partial charge in [-0.25, -0.2) is 4.79 Å². The molecule has 1 aliphatic heterocycles. The Bertz CT molecular complexity index is 482. The molecule has 0 N–H and O–H groups in total. The Morgan fingerprint density at radius 2 is 2.20 bits per heavy atom. The number of benzene rings is 1. The Morgan fingerprint density at radius 3 is 2.85 bits per heavy atom. The second-order valence-electron chi connectivity index (χ2n) is 6.42. The second-order valence-corrected chi connectivity index (χ2v) is 7.66. The number of likely N-dealkylation sites (tertiary alicyclic amines) is 1. The second kappa shape index (κ2) is 6.33. The van der Waals surface area contributed by atoms with Crippen LogP contribution in [0.1, 0.15) is 32.8 Å². The fourth-order valence-electron chi connectivity index (χ4n) is 2.49. The summed E-state index contributed by atoms with van der Waals surface area (Å²) in [5.41, 5.74) is 0.943. The van der Waals surface area contributed by atoms with Crippen molar-refractivity contribution in [2.45, 2.75) is 39.2 Å². The van der Waals surface area contributed by atoms with E-state index in [2.05, 4.69) is 46.9 Å². The molecule has 1 atom stereocenters. The minimum absolute atomic E-state index is 0.178. The van der Waals surface area contributed by atoms with E-state index in [9.17, 15) is 4.79 Å². The van der Waals surface area contributed by atoms with Crippen molar-refractivity contribution in [1.82, 2.24) is 4.90 Å². The van der Waals surface area contributed by atoms with Gasteiger partial charge in [0, 0.05) is 16.7 Å². The molecular weight excluding hydrogens is 365 g/mol. The molecule has 110 valence electrons. The van der Waals surface area contributed by atoms with Gasteiger partial charge >= 0.3 is 6.09 Å². The van der Waals surface area contributed by atoms with Gasteiger partial charge in [-0.1, -0.05) is 12.1 Å². The van der Waals surface area contributed by atoms with Gasteiger partial charge in [0.25, 0.3) is 0 Å². The normalized spacial score (nSPS) is 19.2. The predicted molar refractivity (Wildman–Crippen MR) is 88.8 cm³/mol. The molecule has 1 aromatic carbocycles. The van der Waals surface area contributed by atoms with Gasteiger partial charge in [-0.3, -0.25) is 0 Å². The zero-order valence-electron chi connectivity index (χ0n) is 12.4. The van der Waals surface area contributed by atoms with Gasteiger partial charge < -0.3 is 9.64 Å². The SMILES string of the molecule is CC(C)(C)OC(=O)N1CCC(Cc2cccc(I)c2)C1. The van der Waals surface area contributed by atoms with E-state index in [0.717, 1.165) is 25.9 Å². The fraction of sp³-hybridized carbons (Fsp3) is 0.562. The molecule has 3 nitrogen and oxygen atoms in total. The highest BCUT2D eigenvalue weighted by Gasteiger charge is 2.29. The lowest BCUT2D eigenvalue weighted by Crippen LogP contribution is -2.35. The lowest BCUT2D eigenvalue weighted by atomic mass is 9.99. The summed E-state index contributed by atoms with van der Waals surface area (Å²) in [4.78, 5) is 13.9. The molecule has 1 amide bonds. The van der Waals surface area contributed by atoms with Crippen LogP contribution in [0.3, 0.4) is 0 Å². The summed E-state index contributed by atoms with van der Waals surface area (Å²) in [5, 5.41) is 0. The highest BCUT2D eigenvalue weighted by molar-refractivity contribution is 14.1. The van der Waals surface area contributed by atoms with Crippen molar-refractivity contribution >= 4 is 28.7 Å². The first kappa shape index (κ1) is 15.6. The molecule has 0 aliphatic carbocycles. The van der Waals surface area contributed by atoms with E-state index < -0.39 is 5.60 Å². The smallest absolute Gasteiger partial charge is 0.410 e. The first-order chi connectivity index (χ1) is 9.33. The van der Waals surface area contributed by atoms with E-state index in [4.69, 9.17) is 4.74 Å². The maximum absolute atomic E-state index is 12.0. The predicted octanol–water partition coefficient (Wildman–Crippen LogP) is 4.09. The highest BCUT2D eigenvalue weighted by Crippen LogP contribution is 2.23. The van der Waals surface area contributed by atoms with E-state index in [1.807, 2.05) is 25.7 Å². The van der Waals surface area contributed by atoms with E-state index in [-0.39, 0.29) is 6.09 Å². The summed E-state index contributed by atoms with van der Waals surface area (Å²) >= 11 is 2.34. The van der Waals surface area contributed by atoms with Gasteiger partial charge in [-0.05, 0) is 79.8 Å². The Morgan fingerprint density at radius 1 is 1.45 bits per heavy atom. The number of ether oxygens (including phenoxy) is 1. The monoisotopic (exact) mass is 387 g/mol. The lowest BCUT2D eigenvalue weighted by molar-refractivity contribution is 0.0288. The summed E-state index contributed by atoms with van der Waals surface area (Å²) < 4.78 is 6.69. The molecule has 20 heavy (non-hydrogen) atoms. The number of nitrogens with zero attached hydrogens (tertiary/aromatic N) is 1. The molecular formula is C16H22INO2. The van der Waals surface area contributed by atoms with E-state index in [0.29, 0.717) is 5.92 Å². The molecule has 2 rings (SSSR count). The third-order valence-corrected chi connectivity index (χ3v) is 4.02.